The van der Waals surface area contributed by atoms with Crippen molar-refractivity contribution in [3.8, 4) is 11.1 Å². The van der Waals surface area contributed by atoms with Crippen molar-refractivity contribution >= 4 is 11.8 Å². The van der Waals surface area contributed by atoms with Gasteiger partial charge in [-0.05, 0) is 47.9 Å². The van der Waals surface area contributed by atoms with E-state index >= 15 is 0 Å². The van der Waals surface area contributed by atoms with Gasteiger partial charge < -0.3 is 0 Å². The van der Waals surface area contributed by atoms with Crippen molar-refractivity contribution < 1.29 is 9.59 Å². The molecule has 0 saturated heterocycles. The summed E-state index contributed by atoms with van der Waals surface area (Å²) < 4.78 is 0. The van der Waals surface area contributed by atoms with Crippen LogP contribution in [-0.4, -0.2) is 11.8 Å². The molecule has 0 heterocycles. The number of benzene rings is 2. The zero-order valence-electron chi connectivity index (χ0n) is 17.1. The van der Waals surface area contributed by atoms with Crippen molar-refractivity contribution in [3.63, 3.8) is 0 Å². The number of rotatable bonds is 8. The number of hydrazine groups is 2. The van der Waals surface area contributed by atoms with Gasteiger partial charge in [0.2, 0.25) is 11.8 Å². The van der Waals surface area contributed by atoms with Gasteiger partial charge in [-0.25, -0.2) is 11.7 Å². The van der Waals surface area contributed by atoms with Gasteiger partial charge in [-0.1, -0.05) is 62.4 Å². The first-order valence-corrected chi connectivity index (χ1v) is 10.2. The van der Waals surface area contributed by atoms with E-state index in [1.165, 1.54) is 0 Å². The first-order chi connectivity index (χ1) is 14.0. The van der Waals surface area contributed by atoms with E-state index in [0.717, 1.165) is 22.3 Å². The maximum Gasteiger partial charge on any atom is 0.237 e. The maximum atomic E-state index is 12.5. The largest absolute Gasteiger partial charge is 0.294 e. The van der Waals surface area contributed by atoms with Gasteiger partial charge in [-0.15, -0.1) is 0 Å². The molecule has 0 saturated carbocycles. The number of hydrogen-bond acceptors (Lipinski definition) is 4. The van der Waals surface area contributed by atoms with Crippen LogP contribution in [0.2, 0.25) is 0 Å². The molecule has 0 aromatic heterocycles. The minimum Gasteiger partial charge on any atom is -0.294 e. The second-order valence-electron chi connectivity index (χ2n) is 7.81. The summed E-state index contributed by atoms with van der Waals surface area (Å²) in [5.74, 6) is 10.1. The van der Waals surface area contributed by atoms with Crippen molar-refractivity contribution in [1.29, 1.82) is 0 Å². The summed E-state index contributed by atoms with van der Waals surface area (Å²) in [6.07, 6.45) is 2.48. The zero-order chi connectivity index (χ0) is 21.0. The Balaban J connectivity index is 2.20. The van der Waals surface area contributed by atoms with E-state index in [4.69, 9.17) is 11.7 Å². The van der Waals surface area contributed by atoms with Crippen LogP contribution >= 0.6 is 0 Å². The highest BCUT2D eigenvalue weighted by molar-refractivity contribution is 5.84. The molecule has 2 amide bonds. The maximum absolute atomic E-state index is 12.5. The van der Waals surface area contributed by atoms with E-state index < -0.39 is 5.41 Å². The van der Waals surface area contributed by atoms with Crippen LogP contribution in [0.15, 0.2) is 48.5 Å². The van der Waals surface area contributed by atoms with Crippen LogP contribution in [0.4, 0.5) is 0 Å². The van der Waals surface area contributed by atoms with Crippen molar-refractivity contribution in [2.45, 2.75) is 44.9 Å². The van der Waals surface area contributed by atoms with E-state index in [2.05, 4.69) is 35.1 Å². The number of hydrogen-bond donors (Lipinski definition) is 4. The molecule has 6 nitrogen and oxygen atoms in total. The summed E-state index contributed by atoms with van der Waals surface area (Å²) in [7, 11) is 0. The number of carbonyl (C=O) groups excluding carboxylic acids is 2. The van der Waals surface area contributed by atoms with Gasteiger partial charge in [0.1, 0.15) is 0 Å². The molecular formula is C23H30N4O2. The van der Waals surface area contributed by atoms with Crippen molar-refractivity contribution in [1.82, 2.24) is 10.9 Å². The molecule has 6 heteroatoms. The van der Waals surface area contributed by atoms with Crippen molar-refractivity contribution in [2.75, 3.05) is 0 Å². The first-order valence-electron chi connectivity index (χ1n) is 10.2. The summed E-state index contributed by atoms with van der Waals surface area (Å²) in [6, 6.07) is 16.6. The molecule has 0 fully saturated rings. The standard InChI is InChI=1S/C23H30N4O2/c1-3-15(21(28)26-24)13-23(14-16(4-2)22(29)27-25)19-11-7-5-9-17(19)18-10-6-8-12-20(18)23/h5-12,15-16H,3-4,13-14,24-25H2,1-2H3,(H,26,28)(H,27,29). The fourth-order valence-corrected chi connectivity index (χ4v) is 4.86. The van der Waals surface area contributed by atoms with Gasteiger partial charge in [0.15, 0.2) is 0 Å². The topological polar surface area (TPSA) is 110 Å². The molecule has 2 unspecified atom stereocenters. The van der Waals surface area contributed by atoms with Crippen LogP contribution < -0.4 is 22.5 Å². The number of fused-ring (bicyclic) bond motifs is 3. The minimum absolute atomic E-state index is 0.176. The lowest BCUT2D eigenvalue weighted by Crippen LogP contribution is -2.43. The average Bonchev–Trinajstić information content (AvgIpc) is 3.05. The van der Waals surface area contributed by atoms with Crippen molar-refractivity contribution in [3.05, 3.63) is 59.7 Å². The third kappa shape index (κ3) is 3.66. The molecule has 2 aromatic rings. The molecule has 0 aliphatic heterocycles. The Kier molecular flexibility index (Phi) is 6.35. The smallest absolute Gasteiger partial charge is 0.237 e. The van der Waals surface area contributed by atoms with E-state index in [-0.39, 0.29) is 23.7 Å². The van der Waals surface area contributed by atoms with E-state index in [1.54, 1.807) is 0 Å². The normalized spacial score (nSPS) is 15.7. The Morgan fingerprint density at radius 3 is 1.52 bits per heavy atom. The third-order valence-electron chi connectivity index (χ3n) is 6.38. The summed E-state index contributed by atoms with van der Waals surface area (Å²) in [5.41, 5.74) is 8.81. The third-order valence-corrected chi connectivity index (χ3v) is 6.38. The summed E-state index contributed by atoms with van der Waals surface area (Å²) in [4.78, 5) is 25.0. The fourth-order valence-electron chi connectivity index (χ4n) is 4.86. The lowest BCUT2D eigenvalue weighted by atomic mass is 9.66. The molecule has 154 valence electrons. The van der Waals surface area contributed by atoms with Gasteiger partial charge in [0.05, 0.1) is 0 Å². The van der Waals surface area contributed by atoms with E-state index in [1.807, 2.05) is 38.1 Å². The molecule has 29 heavy (non-hydrogen) atoms. The number of amides is 2. The molecule has 1 aliphatic carbocycles. The van der Waals surface area contributed by atoms with Gasteiger partial charge in [-0.2, -0.15) is 0 Å². The lowest BCUT2D eigenvalue weighted by Gasteiger charge is -2.37. The second kappa shape index (κ2) is 8.76. The highest BCUT2D eigenvalue weighted by atomic mass is 16.2. The highest BCUT2D eigenvalue weighted by Crippen LogP contribution is 2.55. The minimum atomic E-state index is -0.465. The van der Waals surface area contributed by atoms with Crippen LogP contribution in [0.3, 0.4) is 0 Å². The molecule has 0 bridgehead atoms. The Morgan fingerprint density at radius 2 is 1.17 bits per heavy atom. The predicted octanol–water partition coefficient (Wildman–Crippen LogP) is 2.77. The molecule has 1 aliphatic rings. The number of nitrogens with one attached hydrogen (secondary N) is 2. The average molecular weight is 395 g/mol. The van der Waals surface area contributed by atoms with Crippen LogP contribution in [0, 0.1) is 11.8 Å². The first kappa shape index (κ1) is 21.0. The lowest BCUT2D eigenvalue weighted by molar-refractivity contribution is -0.126. The van der Waals surface area contributed by atoms with Crippen LogP contribution in [0.1, 0.15) is 50.7 Å². The number of nitrogens with two attached hydrogens (primary N) is 2. The van der Waals surface area contributed by atoms with Crippen LogP contribution in [0.5, 0.6) is 0 Å². The summed E-state index contributed by atoms with van der Waals surface area (Å²) in [6.45, 7) is 3.98. The van der Waals surface area contributed by atoms with E-state index in [0.29, 0.717) is 25.7 Å². The van der Waals surface area contributed by atoms with Gasteiger partial charge in [0.25, 0.3) is 0 Å². The quantitative estimate of drug-likeness (QED) is 0.313. The molecule has 0 radical (unpaired) electrons. The van der Waals surface area contributed by atoms with Crippen LogP contribution in [-0.2, 0) is 15.0 Å². The number of carbonyl (C=O) groups is 2. The van der Waals surface area contributed by atoms with Crippen molar-refractivity contribution in [2.24, 2.45) is 23.5 Å². The Morgan fingerprint density at radius 1 is 0.793 bits per heavy atom. The predicted molar refractivity (Wildman–Crippen MR) is 114 cm³/mol. The second-order valence-corrected chi connectivity index (χ2v) is 7.81. The molecule has 2 aromatic carbocycles. The van der Waals surface area contributed by atoms with Crippen LogP contribution in [0.25, 0.3) is 11.1 Å². The fraction of sp³-hybridized carbons (Fsp3) is 0.391. The SMILES string of the molecule is CCC(CC1(CC(CC)C(=O)NN)c2ccccc2-c2ccccc21)C(=O)NN. The molecule has 2 atom stereocenters. The van der Waals surface area contributed by atoms with Gasteiger partial charge >= 0.3 is 0 Å². The Bertz CT molecular complexity index is 822. The Labute approximate surface area is 172 Å². The van der Waals surface area contributed by atoms with E-state index in [9.17, 15) is 9.59 Å². The monoisotopic (exact) mass is 394 g/mol. The summed E-state index contributed by atoms with van der Waals surface area (Å²) in [5, 5.41) is 0. The highest BCUT2D eigenvalue weighted by Gasteiger charge is 2.46. The zero-order valence-corrected chi connectivity index (χ0v) is 17.1. The molecular weight excluding hydrogens is 364 g/mol. The van der Waals surface area contributed by atoms with Gasteiger partial charge in [-0.3, -0.25) is 20.4 Å². The summed E-state index contributed by atoms with van der Waals surface area (Å²) >= 11 is 0. The van der Waals surface area contributed by atoms with Gasteiger partial charge in [0, 0.05) is 17.3 Å². The molecule has 0 spiro atoms. The Hall–Kier alpha value is -2.70. The molecule has 3 rings (SSSR count). The molecule has 6 N–H and O–H groups in total.